The second-order valence-corrected chi connectivity index (χ2v) is 2.20. The molecule has 0 radical (unpaired) electrons. The summed E-state index contributed by atoms with van der Waals surface area (Å²) in [5.41, 5.74) is 0. The Bertz CT molecular complexity index is 57.1. The van der Waals surface area contributed by atoms with Crippen molar-refractivity contribution in [1.29, 1.82) is 0 Å². The largest absolute Gasteiger partial charge is 0.391 e. The molecule has 1 saturated heterocycles. The molecule has 1 rings (SSSR count). The molecule has 0 amide bonds. The summed E-state index contributed by atoms with van der Waals surface area (Å²) in [7, 11) is 0. The molecule has 0 unspecified atom stereocenters. The van der Waals surface area contributed by atoms with Gasteiger partial charge in [0.25, 0.3) is 0 Å². The van der Waals surface area contributed by atoms with Gasteiger partial charge in [0.15, 0.2) is 0 Å². The molecule has 1 fully saturated rings. The zero-order valence-corrected chi connectivity index (χ0v) is 4.52. The van der Waals surface area contributed by atoms with Crippen LogP contribution in [0.4, 0.5) is 0 Å². The van der Waals surface area contributed by atoms with E-state index in [0.717, 1.165) is 13.1 Å². The molecule has 1 heterocycles. The number of hydrogen-bond acceptors (Lipinski definition) is 2. The lowest BCUT2D eigenvalue weighted by Crippen LogP contribution is -2.14. The van der Waals surface area contributed by atoms with Crippen LogP contribution in [0.3, 0.4) is 0 Å². The van der Waals surface area contributed by atoms with E-state index in [0.29, 0.717) is 5.92 Å². The van der Waals surface area contributed by atoms with E-state index in [2.05, 4.69) is 5.32 Å². The summed E-state index contributed by atoms with van der Waals surface area (Å²) in [4.78, 5) is 0. The first-order chi connectivity index (χ1) is 3.30. The van der Waals surface area contributed by atoms with Gasteiger partial charge < -0.3 is 10.4 Å². The van der Waals surface area contributed by atoms with Crippen LogP contribution < -0.4 is 5.32 Å². The molecule has 0 aromatic rings. The van der Waals surface area contributed by atoms with E-state index in [1.54, 1.807) is 0 Å². The van der Waals surface area contributed by atoms with E-state index in [1.165, 1.54) is 0 Å². The monoisotopic (exact) mass is 101 g/mol. The minimum absolute atomic E-state index is 0.0972. The highest BCUT2D eigenvalue weighted by Gasteiger charge is 2.18. The van der Waals surface area contributed by atoms with Gasteiger partial charge in [0, 0.05) is 13.1 Å². The van der Waals surface area contributed by atoms with Crippen LogP contribution in [0.25, 0.3) is 0 Å². The first-order valence-corrected chi connectivity index (χ1v) is 2.69. The van der Waals surface area contributed by atoms with Gasteiger partial charge in [-0.1, -0.05) is 6.92 Å². The third-order valence-electron chi connectivity index (χ3n) is 1.48. The fraction of sp³-hybridized carbons (Fsp3) is 1.00. The molecule has 0 aromatic heterocycles. The summed E-state index contributed by atoms with van der Waals surface area (Å²) in [6.07, 6.45) is -0.0972. The van der Waals surface area contributed by atoms with Crippen LogP contribution in [-0.2, 0) is 0 Å². The number of hydrogen-bond donors (Lipinski definition) is 2. The van der Waals surface area contributed by atoms with Crippen molar-refractivity contribution < 1.29 is 5.11 Å². The third-order valence-corrected chi connectivity index (χ3v) is 1.48. The lowest BCUT2D eigenvalue weighted by molar-refractivity contribution is 0.156. The topological polar surface area (TPSA) is 32.3 Å². The van der Waals surface area contributed by atoms with Gasteiger partial charge in [0.1, 0.15) is 0 Å². The highest BCUT2D eigenvalue weighted by atomic mass is 16.3. The molecule has 0 saturated carbocycles. The fourth-order valence-electron chi connectivity index (χ4n) is 0.796. The Kier molecular flexibility index (Phi) is 1.30. The number of nitrogens with one attached hydrogen (secondary N) is 1. The summed E-state index contributed by atoms with van der Waals surface area (Å²) in [6, 6.07) is 0. The smallest absolute Gasteiger partial charge is 0.0702 e. The lowest BCUT2D eigenvalue weighted by Gasteiger charge is -2.02. The minimum atomic E-state index is -0.0972. The average molecular weight is 101 g/mol. The van der Waals surface area contributed by atoms with Gasteiger partial charge in [0.2, 0.25) is 0 Å². The molecule has 0 aromatic carbocycles. The van der Waals surface area contributed by atoms with Gasteiger partial charge in [-0.05, 0) is 5.92 Å². The number of aliphatic hydroxyl groups is 1. The van der Waals surface area contributed by atoms with Gasteiger partial charge in [-0.2, -0.15) is 0 Å². The summed E-state index contributed by atoms with van der Waals surface area (Å²) in [6.45, 7) is 3.80. The second-order valence-electron chi connectivity index (χ2n) is 2.20. The van der Waals surface area contributed by atoms with Crippen LogP contribution >= 0.6 is 0 Å². The Morgan fingerprint density at radius 3 is 2.43 bits per heavy atom. The molecule has 42 valence electrons. The molecule has 2 nitrogen and oxygen atoms in total. The standard InChI is InChI=1S/C5H11NO/c1-4-2-6-3-5(4)7/h4-7H,2-3H2,1H3/t4-,5-/m1/s1. The summed E-state index contributed by atoms with van der Waals surface area (Å²) < 4.78 is 0. The van der Waals surface area contributed by atoms with Crippen molar-refractivity contribution in [1.82, 2.24) is 5.32 Å². The van der Waals surface area contributed by atoms with Crippen molar-refractivity contribution in [3.8, 4) is 0 Å². The van der Waals surface area contributed by atoms with Crippen molar-refractivity contribution in [2.75, 3.05) is 13.1 Å². The van der Waals surface area contributed by atoms with E-state index in [9.17, 15) is 0 Å². The van der Waals surface area contributed by atoms with Crippen LogP contribution in [0.2, 0.25) is 0 Å². The van der Waals surface area contributed by atoms with E-state index in [4.69, 9.17) is 5.11 Å². The van der Waals surface area contributed by atoms with Gasteiger partial charge in [-0.15, -0.1) is 0 Å². The van der Waals surface area contributed by atoms with Crippen molar-refractivity contribution in [2.24, 2.45) is 5.92 Å². The molecule has 0 aliphatic carbocycles. The number of aliphatic hydroxyl groups excluding tert-OH is 1. The minimum Gasteiger partial charge on any atom is -0.391 e. The van der Waals surface area contributed by atoms with Gasteiger partial charge in [0.05, 0.1) is 6.10 Å². The van der Waals surface area contributed by atoms with E-state index in [-0.39, 0.29) is 6.10 Å². The van der Waals surface area contributed by atoms with Crippen LogP contribution in [-0.4, -0.2) is 24.3 Å². The maximum absolute atomic E-state index is 8.94. The summed E-state index contributed by atoms with van der Waals surface area (Å²) in [5.74, 6) is 0.458. The van der Waals surface area contributed by atoms with Gasteiger partial charge >= 0.3 is 0 Å². The fourth-order valence-corrected chi connectivity index (χ4v) is 0.796. The maximum Gasteiger partial charge on any atom is 0.0702 e. The Hall–Kier alpha value is -0.0800. The van der Waals surface area contributed by atoms with Crippen molar-refractivity contribution in [3.05, 3.63) is 0 Å². The Morgan fingerprint density at radius 1 is 1.57 bits per heavy atom. The molecular weight excluding hydrogens is 90.1 g/mol. The van der Waals surface area contributed by atoms with Crippen LogP contribution in [0, 0.1) is 5.92 Å². The summed E-state index contributed by atoms with van der Waals surface area (Å²) >= 11 is 0. The van der Waals surface area contributed by atoms with Crippen LogP contribution in [0.1, 0.15) is 6.92 Å². The van der Waals surface area contributed by atoms with Crippen LogP contribution in [0.5, 0.6) is 0 Å². The molecule has 1 aliphatic rings. The highest BCUT2D eigenvalue weighted by molar-refractivity contribution is 4.75. The molecule has 0 spiro atoms. The van der Waals surface area contributed by atoms with Gasteiger partial charge in [-0.25, -0.2) is 0 Å². The van der Waals surface area contributed by atoms with Gasteiger partial charge in [-0.3, -0.25) is 0 Å². The SMILES string of the molecule is C[C@@H]1CNC[C@H]1O. The Morgan fingerprint density at radius 2 is 2.29 bits per heavy atom. The van der Waals surface area contributed by atoms with E-state index in [1.807, 2.05) is 6.92 Å². The molecule has 0 bridgehead atoms. The maximum atomic E-state index is 8.94. The Labute approximate surface area is 43.5 Å². The number of β-amino-alcohol motifs (C(OH)–C–C–N with tert-alkyl or cyclic N) is 1. The molecular formula is C5H11NO. The van der Waals surface area contributed by atoms with Crippen LogP contribution in [0.15, 0.2) is 0 Å². The number of rotatable bonds is 0. The van der Waals surface area contributed by atoms with Crippen molar-refractivity contribution in [2.45, 2.75) is 13.0 Å². The molecule has 7 heavy (non-hydrogen) atoms. The summed E-state index contributed by atoms with van der Waals surface area (Å²) in [5, 5.41) is 12.0. The second kappa shape index (κ2) is 1.80. The highest BCUT2D eigenvalue weighted by Crippen LogP contribution is 2.05. The average Bonchev–Trinajstić information content (AvgIpc) is 1.91. The normalized spacial score (nSPS) is 42.0. The zero-order valence-electron chi connectivity index (χ0n) is 4.52. The predicted octanol–water partition coefficient (Wildman–Crippen LogP) is -0.413. The molecule has 2 heteroatoms. The predicted molar refractivity (Wildman–Crippen MR) is 28.0 cm³/mol. The van der Waals surface area contributed by atoms with E-state index >= 15 is 0 Å². The first kappa shape index (κ1) is 5.06. The third kappa shape index (κ3) is 0.924. The molecule has 2 atom stereocenters. The first-order valence-electron chi connectivity index (χ1n) is 2.69. The molecule has 1 aliphatic heterocycles. The zero-order chi connectivity index (χ0) is 5.28. The van der Waals surface area contributed by atoms with E-state index < -0.39 is 0 Å². The lowest BCUT2D eigenvalue weighted by atomic mass is 10.1. The Balaban J connectivity index is 2.33. The van der Waals surface area contributed by atoms with Crippen molar-refractivity contribution in [3.63, 3.8) is 0 Å². The molecule has 2 N–H and O–H groups in total. The quantitative estimate of drug-likeness (QED) is 0.434. The van der Waals surface area contributed by atoms with Crippen molar-refractivity contribution >= 4 is 0 Å².